The molecular formula is C27H22N2O3. The average Bonchev–Trinajstić information content (AvgIpc) is 3.10. The number of azo groups is 1. The lowest BCUT2D eigenvalue weighted by Crippen LogP contribution is -2.13. The number of carbonyl (C=O) groups is 1. The molecule has 0 bridgehead atoms. The quantitative estimate of drug-likeness (QED) is 0.515. The first kappa shape index (κ1) is 19.9. The van der Waals surface area contributed by atoms with E-state index in [1.165, 1.54) is 0 Å². The molecule has 0 radical (unpaired) electrons. The van der Waals surface area contributed by atoms with Crippen molar-refractivity contribution in [2.45, 2.75) is 18.9 Å². The van der Waals surface area contributed by atoms with Crippen LogP contribution in [0.15, 0.2) is 106 Å². The van der Waals surface area contributed by atoms with Gasteiger partial charge in [-0.15, -0.1) is 0 Å². The number of nitrogens with zero attached hydrogens (tertiary/aromatic N) is 2. The third kappa shape index (κ3) is 3.42. The molecule has 1 heterocycles. The van der Waals surface area contributed by atoms with Crippen LogP contribution in [0.4, 0.5) is 0 Å². The second-order valence-electron chi connectivity index (χ2n) is 7.75. The van der Waals surface area contributed by atoms with E-state index in [0.29, 0.717) is 23.4 Å². The maximum absolute atomic E-state index is 13.0. The predicted octanol–water partition coefficient (Wildman–Crippen LogP) is 6.43. The van der Waals surface area contributed by atoms with E-state index in [0.717, 1.165) is 16.9 Å². The molecule has 5 rings (SSSR count). The molecule has 1 aliphatic heterocycles. The Kier molecular flexibility index (Phi) is 5.15. The number of hydrogen-bond donors (Lipinski definition) is 1. The van der Waals surface area contributed by atoms with E-state index < -0.39 is 0 Å². The Balaban J connectivity index is 1.56. The maximum atomic E-state index is 13.0. The van der Waals surface area contributed by atoms with Crippen molar-refractivity contribution in [1.29, 1.82) is 0 Å². The molecular weight excluding hydrogens is 400 g/mol. The van der Waals surface area contributed by atoms with E-state index in [4.69, 9.17) is 4.74 Å². The molecule has 3 aromatic rings. The Morgan fingerprint density at radius 1 is 0.875 bits per heavy atom. The SMILES string of the molecule is CCOc1ccc([C@@H]2N=NC(C3=C(O)c4ccccc4C3=O)=C[C@@H]2c2ccccc2)cc1. The van der Waals surface area contributed by atoms with Crippen LogP contribution < -0.4 is 4.74 Å². The van der Waals surface area contributed by atoms with Gasteiger partial charge in [-0.25, -0.2) is 0 Å². The number of allylic oxidation sites excluding steroid dienone is 1. The minimum atomic E-state index is -0.251. The van der Waals surface area contributed by atoms with E-state index in [1.807, 2.05) is 67.6 Å². The highest BCUT2D eigenvalue weighted by Gasteiger charge is 2.35. The van der Waals surface area contributed by atoms with Crippen molar-refractivity contribution in [2.75, 3.05) is 6.61 Å². The number of Topliss-reactive ketones (excluding diaryl/α,β-unsaturated/α-hetero) is 1. The van der Waals surface area contributed by atoms with E-state index in [2.05, 4.69) is 10.2 Å². The van der Waals surface area contributed by atoms with Crippen LogP contribution in [0.25, 0.3) is 5.76 Å². The standard InChI is InChI=1S/C27H22N2O3/c1-2-32-19-14-12-18(13-15-19)25-22(17-8-4-3-5-9-17)16-23(28-29-25)24-26(30)20-10-6-7-11-21(20)27(24)31/h3-16,22,25,30H,2H2,1H3/t22-,25+/m1/s1. The van der Waals surface area contributed by atoms with Crippen LogP contribution in [0.5, 0.6) is 5.75 Å². The molecule has 0 saturated carbocycles. The first-order chi connectivity index (χ1) is 15.7. The lowest BCUT2D eigenvalue weighted by Gasteiger charge is -2.25. The molecule has 5 heteroatoms. The molecule has 1 N–H and O–H groups in total. The van der Waals surface area contributed by atoms with Gasteiger partial charge in [-0.3, -0.25) is 4.79 Å². The summed E-state index contributed by atoms with van der Waals surface area (Å²) in [5, 5.41) is 19.8. The molecule has 0 saturated heterocycles. The van der Waals surface area contributed by atoms with Crippen LogP contribution >= 0.6 is 0 Å². The van der Waals surface area contributed by atoms with Crippen LogP contribution in [-0.4, -0.2) is 17.5 Å². The summed E-state index contributed by atoms with van der Waals surface area (Å²) in [6.45, 7) is 2.56. The van der Waals surface area contributed by atoms with Crippen molar-refractivity contribution in [1.82, 2.24) is 0 Å². The molecule has 0 unspecified atom stereocenters. The summed E-state index contributed by atoms with van der Waals surface area (Å²) in [6.07, 6.45) is 1.94. The number of aliphatic hydroxyl groups excluding tert-OH is 1. The lowest BCUT2D eigenvalue weighted by molar-refractivity contribution is 0.103. The summed E-state index contributed by atoms with van der Waals surface area (Å²) >= 11 is 0. The Hall–Kier alpha value is -3.99. The first-order valence-corrected chi connectivity index (χ1v) is 10.7. The van der Waals surface area contributed by atoms with Gasteiger partial charge in [0.15, 0.2) is 5.78 Å². The van der Waals surface area contributed by atoms with Gasteiger partial charge in [-0.1, -0.05) is 66.7 Å². The average molecular weight is 422 g/mol. The molecule has 2 atom stereocenters. The largest absolute Gasteiger partial charge is 0.506 e. The minimum Gasteiger partial charge on any atom is -0.506 e. The third-order valence-corrected chi connectivity index (χ3v) is 5.83. The number of aliphatic hydroxyl groups is 1. The Morgan fingerprint density at radius 2 is 1.56 bits per heavy atom. The smallest absolute Gasteiger partial charge is 0.199 e. The van der Waals surface area contributed by atoms with E-state index in [-0.39, 0.29) is 29.1 Å². The summed E-state index contributed by atoms with van der Waals surface area (Å²) < 4.78 is 5.56. The highest BCUT2D eigenvalue weighted by molar-refractivity contribution is 6.22. The number of ketones is 1. The molecule has 0 spiro atoms. The number of rotatable bonds is 5. The van der Waals surface area contributed by atoms with Gasteiger partial charge in [0, 0.05) is 17.0 Å². The zero-order valence-corrected chi connectivity index (χ0v) is 17.6. The monoisotopic (exact) mass is 422 g/mol. The van der Waals surface area contributed by atoms with Crippen LogP contribution in [0.2, 0.25) is 0 Å². The number of hydrogen-bond acceptors (Lipinski definition) is 5. The van der Waals surface area contributed by atoms with Crippen molar-refractivity contribution < 1.29 is 14.6 Å². The Bertz CT molecular complexity index is 1260. The third-order valence-electron chi connectivity index (χ3n) is 5.83. The fraction of sp³-hybridized carbons (Fsp3) is 0.148. The van der Waals surface area contributed by atoms with Crippen molar-refractivity contribution in [2.24, 2.45) is 10.2 Å². The van der Waals surface area contributed by atoms with Gasteiger partial charge in [-0.2, -0.15) is 10.2 Å². The summed E-state index contributed by atoms with van der Waals surface area (Å²) in [5.41, 5.74) is 3.70. The van der Waals surface area contributed by atoms with Crippen molar-refractivity contribution in [3.63, 3.8) is 0 Å². The number of benzene rings is 3. The molecule has 32 heavy (non-hydrogen) atoms. The topological polar surface area (TPSA) is 71.2 Å². The molecule has 3 aromatic carbocycles. The van der Waals surface area contributed by atoms with Gasteiger partial charge >= 0.3 is 0 Å². The van der Waals surface area contributed by atoms with Crippen molar-refractivity contribution >= 4 is 11.5 Å². The summed E-state index contributed by atoms with van der Waals surface area (Å²) in [5.74, 6) is 0.399. The highest BCUT2D eigenvalue weighted by Crippen LogP contribution is 2.44. The van der Waals surface area contributed by atoms with Gasteiger partial charge in [0.05, 0.1) is 17.9 Å². The zero-order valence-electron chi connectivity index (χ0n) is 17.6. The van der Waals surface area contributed by atoms with Crippen molar-refractivity contribution in [3.8, 4) is 5.75 Å². The fourth-order valence-corrected chi connectivity index (χ4v) is 4.28. The van der Waals surface area contributed by atoms with E-state index in [9.17, 15) is 9.90 Å². The predicted molar refractivity (Wildman–Crippen MR) is 123 cm³/mol. The van der Waals surface area contributed by atoms with Crippen LogP contribution in [0.1, 0.15) is 45.9 Å². The van der Waals surface area contributed by atoms with Crippen LogP contribution in [0.3, 0.4) is 0 Å². The fourth-order valence-electron chi connectivity index (χ4n) is 4.28. The van der Waals surface area contributed by atoms with Gasteiger partial charge in [0.2, 0.25) is 0 Å². The molecule has 0 fully saturated rings. The summed E-state index contributed by atoms with van der Waals surface area (Å²) in [7, 11) is 0. The molecule has 0 amide bonds. The number of fused-ring (bicyclic) bond motifs is 1. The van der Waals surface area contributed by atoms with E-state index >= 15 is 0 Å². The highest BCUT2D eigenvalue weighted by atomic mass is 16.5. The number of ether oxygens (including phenoxy) is 1. The second-order valence-corrected chi connectivity index (χ2v) is 7.75. The van der Waals surface area contributed by atoms with Gasteiger partial charge in [-0.05, 0) is 36.3 Å². The minimum absolute atomic E-state index is 0.0397. The van der Waals surface area contributed by atoms with Crippen molar-refractivity contribution in [3.05, 3.63) is 118 Å². The van der Waals surface area contributed by atoms with Crippen LogP contribution in [-0.2, 0) is 0 Å². The van der Waals surface area contributed by atoms with Gasteiger partial charge in [0.1, 0.15) is 17.6 Å². The molecule has 2 aliphatic rings. The Labute approximate surface area is 186 Å². The molecule has 0 aromatic heterocycles. The molecule has 1 aliphatic carbocycles. The zero-order chi connectivity index (χ0) is 22.1. The summed E-state index contributed by atoms with van der Waals surface area (Å²) in [4.78, 5) is 13.0. The molecule has 5 nitrogen and oxygen atoms in total. The van der Waals surface area contributed by atoms with Gasteiger partial charge < -0.3 is 9.84 Å². The second kappa shape index (κ2) is 8.27. The summed E-state index contributed by atoms with van der Waals surface area (Å²) in [6, 6.07) is 24.7. The maximum Gasteiger partial charge on any atom is 0.199 e. The molecule has 158 valence electrons. The van der Waals surface area contributed by atoms with E-state index in [1.54, 1.807) is 24.3 Å². The van der Waals surface area contributed by atoms with Gasteiger partial charge in [0.25, 0.3) is 0 Å². The number of carbonyl (C=O) groups excluding carboxylic acids is 1. The normalized spacial score (nSPS) is 19.7. The Morgan fingerprint density at radius 3 is 2.25 bits per heavy atom. The van der Waals surface area contributed by atoms with Crippen LogP contribution in [0, 0.1) is 0 Å². The first-order valence-electron chi connectivity index (χ1n) is 10.7. The lowest BCUT2D eigenvalue weighted by atomic mass is 9.85.